The summed E-state index contributed by atoms with van der Waals surface area (Å²) < 4.78 is 39.5. The lowest BCUT2D eigenvalue weighted by Gasteiger charge is -2.27. The van der Waals surface area contributed by atoms with Gasteiger partial charge in [0, 0.05) is 57.3 Å². The maximum Gasteiger partial charge on any atom is 0.490 e. The Morgan fingerprint density at radius 1 is 1.29 bits per heavy atom. The van der Waals surface area contributed by atoms with Crippen LogP contribution in [0.4, 0.5) is 13.2 Å². The quantitative estimate of drug-likeness (QED) is 0.745. The molecule has 12 heteroatoms. The fraction of sp³-hybridized carbons (Fsp3) is 0.737. The van der Waals surface area contributed by atoms with Crippen LogP contribution < -0.4 is 0 Å². The summed E-state index contributed by atoms with van der Waals surface area (Å²) in [4.78, 5) is 29.2. The third-order valence-corrected chi connectivity index (χ3v) is 5.64. The van der Waals surface area contributed by atoms with Crippen LogP contribution in [0.2, 0.25) is 0 Å². The van der Waals surface area contributed by atoms with E-state index < -0.39 is 12.1 Å². The minimum atomic E-state index is -5.08. The van der Waals surface area contributed by atoms with Gasteiger partial charge in [0.25, 0.3) is 0 Å². The Morgan fingerprint density at radius 3 is 2.61 bits per heavy atom. The van der Waals surface area contributed by atoms with Crippen molar-refractivity contribution in [3.8, 4) is 0 Å². The minimum Gasteiger partial charge on any atom is -0.475 e. The number of carbonyl (C=O) groups is 2. The average molecular weight is 448 g/mol. The molecule has 0 aromatic carbocycles. The van der Waals surface area contributed by atoms with Gasteiger partial charge in [-0.25, -0.2) is 9.86 Å². The van der Waals surface area contributed by atoms with Crippen LogP contribution in [-0.4, -0.2) is 81.9 Å². The Labute approximate surface area is 177 Å². The number of fused-ring (bicyclic) bond motifs is 1. The van der Waals surface area contributed by atoms with Crippen molar-refractivity contribution in [3.05, 3.63) is 18.0 Å². The van der Waals surface area contributed by atoms with Crippen molar-refractivity contribution in [2.24, 2.45) is 18.9 Å². The zero-order valence-corrected chi connectivity index (χ0v) is 17.3. The van der Waals surface area contributed by atoms with Gasteiger partial charge in [-0.05, 0) is 18.8 Å². The number of aliphatic carboxylic acids is 1. The van der Waals surface area contributed by atoms with Gasteiger partial charge in [-0.1, -0.05) is 0 Å². The molecule has 0 spiro atoms. The van der Waals surface area contributed by atoms with Crippen molar-refractivity contribution in [1.29, 1.82) is 0 Å². The molecule has 9 nitrogen and oxygen atoms in total. The lowest BCUT2D eigenvalue weighted by Crippen LogP contribution is -2.37. The number of aromatic nitrogens is 2. The minimum absolute atomic E-state index is 0.120. The normalized spacial score (nSPS) is 26.3. The largest absolute Gasteiger partial charge is 0.490 e. The number of nitrogens with zero attached hydrogens (tertiary/aromatic N) is 4. The van der Waals surface area contributed by atoms with Crippen LogP contribution >= 0.6 is 0 Å². The summed E-state index contributed by atoms with van der Waals surface area (Å²) in [6, 6.07) is 0. The average Bonchev–Trinajstić information content (AvgIpc) is 3.40. The molecular weight excluding hydrogens is 421 g/mol. The summed E-state index contributed by atoms with van der Waals surface area (Å²) in [5.74, 6) is -1.87. The molecule has 4 rings (SSSR count). The molecule has 3 aliphatic rings. The van der Waals surface area contributed by atoms with Gasteiger partial charge < -0.3 is 9.84 Å². The first-order chi connectivity index (χ1) is 14.6. The van der Waals surface area contributed by atoms with Crippen molar-refractivity contribution in [2.45, 2.75) is 38.1 Å². The lowest BCUT2D eigenvalue weighted by molar-refractivity contribution is -0.198. The van der Waals surface area contributed by atoms with E-state index in [1.54, 1.807) is 5.06 Å². The number of amides is 1. The van der Waals surface area contributed by atoms with Crippen molar-refractivity contribution >= 4 is 11.9 Å². The molecule has 174 valence electrons. The maximum atomic E-state index is 12.4. The number of carboxylic acids is 1. The monoisotopic (exact) mass is 448 g/mol. The molecule has 0 bridgehead atoms. The van der Waals surface area contributed by atoms with Crippen LogP contribution in [0.5, 0.6) is 0 Å². The Balaban J connectivity index is 0.000000339. The lowest BCUT2D eigenvalue weighted by atomic mass is 9.90. The van der Waals surface area contributed by atoms with E-state index in [4.69, 9.17) is 19.5 Å². The van der Waals surface area contributed by atoms with Crippen molar-refractivity contribution in [1.82, 2.24) is 19.7 Å². The topological polar surface area (TPSA) is 97.1 Å². The molecule has 0 aliphatic carbocycles. The second-order valence-electron chi connectivity index (χ2n) is 8.06. The summed E-state index contributed by atoms with van der Waals surface area (Å²) >= 11 is 0. The molecular formula is C19H27F3N4O5. The number of hydrogen-bond acceptors (Lipinski definition) is 6. The molecule has 3 aliphatic heterocycles. The first kappa shape index (κ1) is 23.5. The highest BCUT2D eigenvalue weighted by atomic mass is 19.4. The molecule has 31 heavy (non-hydrogen) atoms. The Morgan fingerprint density at radius 2 is 2.03 bits per heavy atom. The summed E-state index contributed by atoms with van der Waals surface area (Å²) in [7, 11) is 1.94. The van der Waals surface area contributed by atoms with Crippen LogP contribution in [-0.2, 0) is 32.8 Å². The zero-order chi connectivity index (χ0) is 22.6. The first-order valence-electron chi connectivity index (χ1n) is 10.2. The van der Waals surface area contributed by atoms with Gasteiger partial charge in [-0.3, -0.25) is 19.2 Å². The molecule has 3 atom stereocenters. The van der Waals surface area contributed by atoms with Gasteiger partial charge >= 0.3 is 12.1 Å². The van der Waals surface area contributed by atoms with Gasteiger partial charge in [0.2, 0.25) is 5.91 Å². The smallest absolute Gasteiger partial charge is 0.475 e. The van der Waals surface area contributed by atoms with Crippen molar-refractivity contribution < 1.29 is 37.4 Å². The number of carboxylic acid groups (broad SMARTS) is 1. The molecule has 1 aromatic heterocycles. The van der Waals surface area contributed by atoms with E-state index in [2.05, 4.69) is 16.2 Å². The molecule has 3 fully saturated rings. The molecule has 3 saturated heterocycles. The van der Waals surface area contributed by atoms with Gasteiger partial charge in [0.1, 0.15) is 0 Å². The van der Waals surface area contributed by atoms with E-state index >= 15 is 0 Å². The molecule has 1 N–H and O–H groups in total. The van der Waals surface area contributed by atoms with Crippen LogP contribution in [0, 0.1) is 11.8 Å². The Hall–Kier alpha value is -2.18. The molecule has 4 heterocycles. The van der Waals surface area contributed by atoms with E-state index in [1.165, 1.54) is 5.56 Å². The number of ether oxygens (including phenoxy) is 1. The summed E-state index contributed by atoms with van der Waals surface area (Å²) in [6.45, 7) is 4.95. The standard InChI is InChI=1S/C17H26N4O3.C2HF3O2/c1-19-8-13(7-18-19)9-20-10-15-14(12-23-16(15)11-20)6-17(22)21-4-2-3-5-24-21;3-2(4,5)1(6)7/h7-8,14-16H,2-6,9-12H2,1H3;(H,6,7)/t14-,15+,16+;/m0./s1. The third kappa shape index (κ3) is 6.40. The van der Waals surface area contributed by atoms with Crippen LogP contribution in [0.1, 0.15) is 24.8 Å². The number of alkyl halides is 3. The summed E-state index contributed by atoms with van der Waals surface area (Å²) in [6.07, 6.45) is 1.79. The summed E-state index contributed by atoms with van der Waals surface area (Å²) in [5.41, 5.74) is 1.23. The molecule has 1 amide bonds. The Kier molecular flexibility index (Phi) is 7.55. The number of rotatable bonds is 4. The van der Waals surface area contributed by atoms with E-state index in [0.717, 1.165) is 39.0 Å². The predicted molar refractivity (Wildman–Crippen MR) is 100 cm³/mol. The van der Waals surface area contributed by atoms with E-state index in [1.807, 2.05) is 17.9 Å². The number of hydroxylamine groups is 2. The predicted octanol–water partition coefficient (Wildman–Crippen LogP) is 1.44. The van der Waals surface area contributed by atoms with Gasteiger partial charge in [-0.2, -0.15) is 18.3 Å². The highest BCUT2D eigenvalue weighted by Gasteiger charge is 2.44. The van der Waals surface area contributed by atoms with Crippen molar-refractivity contribution in [3.63, 3.8) is 0 Å². The van der Waals surface area contributed by atoms with Crippen LogP contribution in [0.15, 0.2) is 12.4 Å². The van der Waals surface area contributed by atoms with Gasteiger partial charge in [0.05, 0.1) is 25.5 Å². The number of halogens is 3. The number of hydrogen-bond donors (Lipinski definition) is 1. The molecule has 0 radical (unpaired) electrons. The van der Waals surface area contributed by atoms with Crippen LogP contribution in [0.25, 0.3) is 0 Å². The first-order valence-corrected chi connectivity index (χ1v) is 10.2. The second kappa shape index (κ2) is 9.96. The Bertz CT molecular complexity index is 766. The fourth-order valence-electron chi connectivity index (χ4n) is 4.15. The van der Waals surface area contributed by atoms with E-state index in [9.17, 15) is 18.0 Å². The van der Waals surface area contributed by atoms with Gasteiger partial charge in [0.15, 0.2) is 0 Å². The molecule has 1 aromatic rings. The van der Waals surface area contributed by atoms with Crippen LogP contribution in [0.3, 0.4) is 0 Å². The second-order valence-corrected chi connectivity index (χ2v) is 8.06. The number of carbonyl (C=O) groups excluding carboxylic acids is 1. The third-order valence-electron chi connectivity index (χ3n) is 5.64. The molecule has 0 saturated carbocycles. The van der Waals surface area contributed by atoms with E-state index in [0.29, 0.717) is 31.5 Å². The maximum absolute atomic E-state index is 12.4. The number of aryl methyl sites for hydroxylation is 1. The highest BCUT2D eigenvalue weighted by molar-refractivity contribution is 5.75. The fourth-order valence-corrected chi connectivity index (χ4v) is 4.15. The van der Waals surface area contributed by atoms with E-state index in [-0.39, 0.29) is 12.0 Å². The SMILES string of the molecule is Cn1cc(CN2C[C@@H]3[C@@H](CC(=O)N4CCCCO4)CO[C@@H]3C2)cn1.O=C(O)C(F)(F)F. The summed E-state index contributed by atoms with van der Waals surface area (Å²) in [5, 5.41) is 12.9. The molecule has 0 unspecified atom stereocenters. The zero-order valence-electron chi connectivity index (χ0n) is 17.3. The number of likely N-dealkylation sites (tertiary alicyclic amines) is 1. The highest BCUT2D eigenvalue weighted by Crippen LogP contribution is 2.36. The van der Waals surface area contributed by atoms with Gasteiger partial charge in [-0.15, -0.1) is 0 Å². The van der Waals surface area contributed by atoms with Crippen molar-refractivity contribution in [2.75, 3.05) is 32.8 Å².